The third-order valence-electron chi connectivity index (χ3n) is 4.36. The molecule has 1 N–H and O–H groups in total. The van der Waals surface area contributed by atoms with Crippen molar-refractivity contribution in [3.8, 4) is 5.75 Å². The predicted molar refractivity (Wildman–Crippen MR) is 86.7 cm³/mol. The number of likely N-dealkylation sites (tertiary alicyclic amines) is 1. The second-order valence-electron chi connectivity index (χ2n) is 5.99. The van der Waals surface area contributed by atoms with Crippen LogP contribution in [0.5, 0.6) is 5.75 Å². The number of amides is 1. The second kappa shape index (κ2) is 7.47. The number of piperidine rings is 1. The summed E-state index contributed by atoms with van der Waals surface area (Å²) in [6, 6.07) is 3.94. The molecule has 1 amide bonds. The third-order valence-corrected chi connectivity index (χ3v) is 4.36. The van der Waals surface area contributed by atoms with Gasteiger partial charge >= 0.3 is 11.7 Å². The molecule has 2 rings (SSSR count). The molecule has 1 aliphatic heterocycles. The molecule has 1 aromatic carbocycles. The number of rotatable bonds is 6. The van der Waals surface area contributed by atoms with Crippen LogP contribution in [0.3, 0.4) is 0 Å². The van der Waals surface area contributed by atoms with E-state index < -0.39 is 22.2 Å². The standard InChI is InChI=1S/C16H20N2O7/c1-24-10-16(15(20)21)6-3-7-17(9-16)14(19)11-4-5-13(25-2)12(8-11)18(22)23/h4-5,8H,3,6-7,9-10H2,1-2H3,(H,20,21). The minimum atomic E-state index is -1.17. The van der Waals surface area contributed by atoms with Gasteiger partial charge in [0.2, 0.25) is 0 Å². The molecule has 1 heterocycles. The number of methoxy groups -OCH3 is 2. The van der Waals surface area contributed by atoms with Gasteiger partial charge in [0, 0.05) is 31.8 Å². The number of nitro groups is 1. The van der Waals surface area contributed by atoms with Gasteiger partial charge in [-0.1, -0.05) is 0 Å². The number of carbonyl (C=O) groups excluding carboxylic acids is 1. The average Bonchev–Trinajstić information content (AvgIpc) is 2.60. The number of aliphatic carboxylic acids is 1. The highest BCUT2D eigenvalue weighted by atomic mass is 16.6. The van der Waals surface area contributed by atoms with Crippen molar-refractivity contribution in [2.24, 2.45) is 5.41 Å². The van der Waals surface area contributed by atoms with Crippen molar-refractivity contribution in [3.05, 3.63) is 33.9 Å². The fourth-order valence-electron chi connectivity index (χ4n) is 3.08. The van der Waals surface area contributed by atoms with E-state index in [4.69, 9.17) is 9.47 Å². The molecule has 0 spiro atoms. The number of nitro benzene ring substituents is 1. The molecule has 136 valence electrons. The van der Waals surface area contributed by atoms with Crippen molar-refractivity contribution in [2.75, 3.05) is 33.9 Å². The maximum atomic E-state index is 12.7. The lowest BCUT2D eigenvalue weighted by atomic mass is 9.80. The van der Waals surface area contributed by atoms with E-state index in [-0.39, 0.29) is 30.2 Å². The first kappa shape index (κ1) is 18.7. The van der Waals surface area contributed by atoms with Crippen LogP contribution in [0.1, 0.15) is 23.2 Å². The number of carboxylic acid groups (broad SMARTS) is 1. The summed E-state index contributed by atoms with van der Waals surface area (Å²) >= 11 is 0. The van der Waals surface area contributed by atoms with Gasteiger partial charge in [0.05, 0.1) is 18.6 Å². The Morgan fingerprint density at radius 2 is 2.12 bits per heavy atom. The number of carboxylic acids is 1. The highest BCUT2D eigenvalue weighted by Gasteiger charge is 2.44. The van der Waals surface area contributed by atoms with Gasteiger partial charge < -0.3 is 19.5 Å². The van der Waals surface area contributed by atoms with E-state index in [1.54, 1.807) is 0 Å². The monoisotopic (exact) mass is 352 g/mol. The van der Waals surface area contributed by atoms with E-state index >= 15 is 0 Å². The Hall–Kier alpha value is -2.68. The number of nitrogens with zero attached hydrogens (tertiary/aromatic N) is 2. The molecule has 1 unspecified atom stereocenters. The molecule has 25 heavy (non-hydrogen) atoms. The molecule has 1 fully saturated rings. The Bertz CT molecular complexity index is 687. The van der Waals surface area contributed by atoms with Gasteiger partial charge in [0.25, 0.3) is 5.91 Å². The van der Waals surface area contributed by atoms with Crippen LogP contribution in [0.25, 0.3) is 0 Å². The molecule has 9 nitrogen and oxygen atoms in total. The van der Waals surface area contributed by atoms with Crippen LogP contribution in [0, 0.1) is 15.5 Å². The first-order valence-electron chi connectivity index (χ1n) is 7.68. The van der Waals surface area contributed by atoms with Gasteiger partial charge in [-0.05, 0) is 25.0 Å². The Balaban J connectivity index is 2.29. The van der Waals surface area contributed by atoms with Gasteiger partial charge in [-0.3, -0.25) is 19.7 Å². The normalized spacial score (nSPS) is 20.2. The molecular formula is C16H20N2O7. The van der Waals surface area contributed by atoms with Gasteiger partial charge in [0.15, 0.2) is 5.75 Å². The lowest BCUT2D eigenvalue weighted by Gasteiger charge is -2.39. The van der Waals surface area contributed by atoms with Crippen molar-refractivity contribution >= 4 is 17.6 Å². The zero-order valence-electron chi connectivity index (χ0n) is 14.1. The number of hydrogen-bond donors (Lipinski definition) is 1. The average molecular weight is 352 g/mol. The molecule has 0 radical (unpaired) electrons. The highest BCUT2D eigenvalue weighted by molar-refractivity contribution is 5.95. The minimum Gasteiger partial charge on any atom is -0.490 e. The van der Waals surface area contributed by atoms with Gasteiger partial charge in [0.1, 0.15) is 5.41 Å². The maximum absolute atomic E-state index is 12.7. The zero-order chi connectivity index (χ0) is 18.6. The van der Waals surface area contributed by atoms with Crippen molar-refractivity contribution in [1.82, 2.24) is 4.90 Å². The molecule has 0 aliphatic carbocycles. The van der Waals surface area contributed by atoms with Gasteiger partial charge in [-0.25, -0.2) is 0 Å². The van der Waals surface area contributed by atoms with Crippen LogP contribution in [-0.2, 0) is 9.53 Å². The lowest BCUT2D eigenvalue weighted by Crippen LogP contribution is -2.52. The Kier molecular flexibility index (Phi) is 5.58. The summed E-state index contributed by atoms with van der Waals surface area (Å²) in [6.07, 6.45) is 0.919. The Morgan fingerprint density at radius 3 is 2.68 bits per heavy atom. The van der Waals surface area contributed by atoms with Crippen molar-refractivity contribution < 1.29 is 29.1 Å². The van der Waals surface area contributed by atoms with Crippen LogP contribution in [0.15, 0.2) is 18.2 Å². The fourth-order valence-corrected chi connectivity index (χ4v) is 3.08. The van der Waals surface area contributed by atoms with Crippen LogP contribution < -0.4 is 4.74 Å². The lowest BCUT2D eigenvalue weighted by molar-refractivity contribution is -0.385. The molecular weight excluding hydrogens is 332 g/mol. The summed E-state index contributed by atoms with van der Waals surface area (Å²) in [5, 5.41) is 20.7. The highest BCUT2D eigenvalue weighted by Crippen LogP contribution is 2.33. The molecule has 1 saturated heterocycles. The largest absolute Gasteiger partial charge is 0.490 e. The summed E-state index contributed by atoms with van der Waals surface area (Å²) in [4.78, 5) is 36.3. The quantitative estimate of drug-likeness (QED) is 0.609. The second-order valence-corrected chi connectivity index (χ2v) is 5.99. The van der Waals surface area contributed by atoms with Gasteiger partial charge in [-0.15, -0.1) is 0 Å². The molecule has 0 bridgehead atoms. The van der Waals surface area contributed by atoms with Crippen LogP contribution in [-0.4, -0.2) is 60.7 Å². The number of ether oxygens (including phenoxy) is 2. The zero-order valence-corrected chi connectivity index (χ0v) is 14.1. The van der Waals surface area contributed by atoms with Crippen LogP contribution >= 0.6 is 0 Å². The number of hydrogen-bond acceptors (Lipinski definition) is 6. The molecule has 1 aromatic rings. The van der Waals surface area contributed by atoms with E-state index in [0.717, 1.165) is 6.07 Å². The Morgan fingerprint density at radius 1 is 1.40 bits per heavy atom. The first-order valence-corrected chi connectivity index (χ1v) is 7.68. The van der Waals surface area contributed by atoms with E-state index in [9.17, 15) is 24.8 Å². The van der Waals surface area contributed by atoms with Crippen LogP contribution in [0.2, 0.25) is 0 Å². The molecule has 1 atom stereocenters. The smallest absolute Gasteiger partial charge is 0.313 e. The Labute approximate surface area is 144 Å². The van der Waals surface area contributed by atoms with Crippen molar-refractivity contribution in [3.63, 3.8) is 0 Å². The predicted octanol–water partition coefficient (Wildman–Crippen LogP) is 1.56. The van der Waals surface area contributed by atoms with E-state index in [2.05, 4.69) is 0 Å². The minimum absolute atomic E-state index is 0.00509. The molecule has 0 aromatic heterocycles. The van der Waals surface area contributed by atoms with Crippen molar-refractivity contribution in [1.29, 1.82) is 0 Å². The fraction of sp³-hybridized carbons (Fsp3) is 0.500. The summed E-state index contributed by atoms with van der Waals surface area (Å²) in [6.45, 7) is 0.376. The van der Waals surface area contributed by atoms with E-state index in [1.165, 1.54) is 31.3 Å². The maximum Gasteiger partial charge on any atom is 0.313 e. The summed E-state index contributed by atoms with van der Waals surface area (Å²) < 4.78 is 9.96. The summed E-state index contributed by atoms with van der Waals surface area (Å²) in [7, 11) is 2.72. The molecule has 9 heteroatoms. The molecule has 0 saturated carbocycles. The topological polar surface area (TPSA) is 119 Å². The third kappa shape index (κ3) is 3.71. The summed E-state index contributed by atoms with van der Waals surface area (Å²) in [5.74, 6) is -1.42. The number of benzene rings is 1. The SMILES string of the molecule is COCC1(C(=O)O)CCCN(C(=O)c2ccc(OC)c([N+](=O)[O-])c2)C1. The number of carbonyl (C=O) groups is 2. The first-order chi connectivity index (χ1) is 11.8. The summed E-state index contributed by atoms with van der Waals surface area (Å²) in [5.41, 5.74) is -1.36. The van der Waals surface area contributed by atoms with E-state index in [0.29, 0.717) is 19.4 Å². The van der Waals surface area contributed by atoms with Crippen molar-refractivity contribution in [2.45, 2.75) is 12.8 Å². The molecule has 1 aliphatic rings. The van der Waals surface area contributed by atoms with Gasteiger partial charge in [-0.2, -0.15) is 0 Å². The van der Waals surface area contributed by atoms with Crippen LogP contribution in [0.4, 0.5) is 5.69 Å². The van der Waals surface area contributed by atoms with E-state index in [1.807, 2.05) is 0 Å².